The number of carbonyl (C=O) groups excluding carboxylic acids is 1. The molecule has 4 rings (SSSR count). The Balaban J connectivity index is 1.85. The first-order valence-electron chi connectivity index (χ1n) is 8.66. The van der Waals surface area contributed by atoms with Crippen LogP contribution in [0.4, 0.5) is 0 Å². The lowest BCUT2D eigenvalue weighted by Crippen LogP contribution is -2.03. The number of methoxy groups -OCH3 is 1. The summed E-state index contributed by atoms with van der Waals surface area (Å²) in [4.78, 5) is 17.8. The van der Waals surface area contributed by atoms with Gasteiger partial charge in [-0.3, -0.25) is 4.79 Å². The van der Waals surface area contributed by atoms with Crippen molar-refractivity contribution < 1.29 is 13.9 Å². The van der Waals surface area contributed by atoms with Crippen LogP contribution in [0.25, 0.3) is 22.7 Å². The standard InChI is InChI=1S/C23H16ClNO3/c1-27-17-12-10-15(11-13-17)22(26)18(14-16-6-2-3-7-19(16)24)23-25-20-8-4-5-9-21(20)28-23/h2-14H,1H3. The van der Waals surface area contributed by atoms with Crippen molar-refractivity contribution in [2.24, 2.45) is 0 Å². The molecule has 1 heterocycles. The summed E-state index contributed by atoms with van der Waals surface area (Å²) in [7, 11) is 1.58. The van der Waals surface area contributed by atoms with Crippen LogP contribution in [-0.2, 0) is 0 Å². The van der Waals surface area contributed by atoms with E-state index in [4.69, 9.17) is 20.8 Å². The number of fused-ring (bicyclic) bond motifs is 1. The lowest BCUT2D eigenvalue weighted by atomic mass is 10.0. The van der Waals surface area contributed by atoms with Crippen molar-refractivity contribution in [1.82, 2.24) is 4.98 Å². The number of aromatic nitrogens is 1. The first-order valence-corrected chi connectivity index (χ1v) is 9.04. The number of rotatable bonds is 5. The van der Waals surface area contributed by atoms with E-state index in [9.17, 15) is 4.79 Å². The van der Waals surface area contributed by atoms with Crippen LogP contribution in [0, 0.1) is 0 Å². The fourth-order valence-electron chi connectivity index (χ4n) is 2.86. The number of para-hydroxylation sites is 2. The molecule has 0 aliphatic heterocycles. The lowest BCUT2D eigenvalue weighted by Gasteiger charge is -2.06. The maximum absolute atomic E-state index is 13.3. The van der Waals surface area contributed by atoms with Gasteiger partial charge in [0.15, 0.2) is 11.4 Å². The molecule has 1 aromatic heterocycles. The number of oxazole rings is 1. The molecule has 138 valence electrons. The number of hydrogen-bond acceptors (Lipinski definition) is 4. The molecular formula is C23H16ClNO3. The third kappa shape index (κ3) is 3.55. The molecule has 0 radical (unpaired) electrons. The van der Waals surface area contributed by atoms with Crippen LogP contribution < -0.4 is 4.74 Å². The molecule has 0 amide bonds. The summed E-state index contributed by atoms with van der Waals surface area (Å²) in [6.45, 7) is 0. The molecule has 0 unspecified atom stereocenters. The smallest absolute Gasteiger partial charge is 0.231 e. The topological polar surface area (TPSA) is 52.3 Å². The Morgan fingerprint density at radius 1 is 1.00 bits per heavy atom. The Labute approximate surface area is 167 Å². The van der Waals surface area contributed by atoms with Gasteiger partial charge in [0.05, 0.1) is 12.7 Å². The number of nitrogens with zero attached hydrogens (tertiary/aromatic N) is 1. The Hall–Kier alpha value is -3.37. The van der Waals surface area contributed by atoms with Gasteiger partial charge >= 0.3 is 0 Å². The zero-order valence-corrected chi connectivity index (χ0v) is 15.8. The monoisotopic (exact) mass is 389 g/mol. The quantitative estimate of drug-likeness (QED) is 0.314. The maximum atomic E-state index is 13.3. The van der Waals surface area contributed by atoms with E-state index < -0.39 is 0 Å². The molecule has 4 aromatic rings. The van der Waals surface area contributed by atoms with E-state index >= 15 is 0 Å². The first kappa shape index (κ1) is 18.0. The lowest BCUT2D eigenvalue weighted by molar-refractivity contribution is 0.105. The van der Waals surface area contributed by atoms with Crippen LogP contribution in [0.2, 0.25) is 5.02 Å². The van der Waals surface area contributed by atoms with Gasteiger partial charge in [0.25, 0.3) is 0 Å². The van der Waals surface area contributed by atoms with E-state index in [-0.39, 0.29) is 11.7 Å². The molecule has 5 heteroatoms. The van der Waals surface area contributed by atoms with Gasteiger partial charge in [0.1, 0.15) is 11.3 Å². The number of carbonyl (C=O) groups is 1. The number of ketones is 1. The van der Waals surface area contributed by atoms with Crippen molar-refractivity contribution in [2.45, 2.75) is 0 Å². The summed E-state index contributed by atoms with van der Waals surface area (Å²) in [5.74, 6) is 0.714. The minimum Gasteiger partial charge on any atom is -0.497 e. The minimum atomic E-state index is -0.214. The van der Waals surface area contributed by atoms with Gasteiger partial charge in [-0.25, -0.2) is 4.98 Å². The molecule has 0 N–H and O–H groups in total. The fraction of sp³-hybridized carbons (Fsp3) is 0.0435. The second-order valence-electron chi connectivity index (χ2n) is 6.12. The van der Waals surface area contributed by atoms with E-state index in [0.717, 1.165) is 0 Å². The average molecular weight is 390 g/mol. The molecular weight excluding hydrogens is 374 g/mol. The van der Waals surface area contributed by atoms with E-state index in [1.54, 1.807) is 43.5 Å². The molecule has 0 saturated heterocycles. The van der Waals surface area contributed by atoms with Gasteiger partial charge in [-0.05, 0) is 54.1 Å². The second kappa shape index (κ2) is 7.71. The van der Waals surface area contributed by atoms with Crippen LogP contribution in [0.1, 0.15) is 21.8 Å². The largest absolute Gasteiger partial charge is 0.497 e. The average Bonchev–Trinajstić information content (AvgIpc) is 3.16. The molecule has 0 bridgehead atoms. The van der Waals surface area contributed by atoms with E-state index in [2.05, 4.69) is 4.98 Å². The van der Waals surface area contributed by atoms with Gasteiger partial charge in [-0.15, -0.1) is 0 Å². The summed E-state index contributed by atoms with van der Waals surface area (Å²) >= 11 is 6.30. The van der Waals surface area contributed by atoms with E-state index in [1.165, 1.54) is 0 Å². The van der Waals surface area contributed by atoms with Gasteiger partial charge < -0.3 is 9.15 Å². The minimum absolute atomic E-state index is 0.214. The number of Topliss-reactive ketones (excluding diaryl/α,β-unsaturated/α-hetero) is 1. The molecule has 0 aliphatic rings. The van der Waals surface area contributed by atoms with Crippen LogP contribution in [0.15, 0.2) is 77.2 Å². The van der Waals surface area contributed by atoms with Crippen LogP contribution in [0.5, 0.6) is 5.75 Å². The predicted octanol–water partition coefficient (Wildman–Crippen LogP) is 5.91. The zero-order chi connectivity index (χ0) is 19.5. The third-order valence-corrected chi connectivity index (χ3v) is 4.67. The van der Waals surface area contributed by atoms with Gasteiger partial charge in [0.2, 0.25) is 5.89 Å². The molecule has 0 atom stereocenters. The van der Waals surface area contributed by atoms with E-state index in [0.29, 0.717) is 38.6 Å². The molecule has 0 fully saturated rings. The van der Waals surface area contributed by atoms with Crippen LogP contribution in [-0.4, -0.2) is 17.9 Å². The summed E-state index contributed by atoms with van der Waals surface area (Å²) in [6.07, 6.45) is 1.71. The third-order valence-electron chi connectivity index (χ3n) is 4.33. The van der Waals surface area contributed by atoms with E-state index in [1.807, 2.05) is 42.5 Å². The summed E-state index contributed by atoms with van der Waals surface area (Å²) in [5.41, 5.74) is 2.84. The maximum Gasteiger partial charge on any atom is 0.231 e. The molecule has 0 aliphatic carbocycles. The van der Waals surface area contributed by atoms with Gasteiger partial charge in [0, 0.05) is 10.6 Å². The highest BCUT2D eigenvalue weighted by molar-refractivity contribution is 6.35. The molecule has 28 heavy (non-hydrogen) atoms. The van der Waals surface area contributed by atoms with Crippen LogP contribution >= 0.6 is 11.6 Å². The highest BCUT2D eigenvalue weighted by Gasteiger charge is 2.20. The first-order chi connectivity index (χ1) is 13.7. The van der Waals surface area contributed by atoms with Crippen molar-refractivity contribution in [2.75, 3.05) is 7.11 Å². The summed E-state index contributed by atoms with van der Waals surface area (Å²) in [6, 6.07) is 21.6. The van der Waals surface area contributed by atoms with Crippen LogP contribution in [0.3, 0.4) is 0 Å². The summed E-state index contributed by atoms with van der Waals surface area (Å²) in [5, 5.41) is 0.540. The second-order valence-corrected chi connectivity index (χ2v) is 6.53. The molecule has 0 saturated carbocycles. The Morgan fingerprint density at radius 2 is 1.71 bits per heavy atom. The number of ether oxygens (including phenoxy) is 1. The molecule has 3 aromatic carbocycles. The zero-order valence-electron chi connectivity index (χ0n) is 15.1. The fourth-order valence-corrected chi connectivity index (χ4v) is 3.05. The van der Waals surface area contributed by atoms with Gasteiger partial charge in [-0.2, -0.15) is 0 Å². The SMILES string of the molecule is COc1ccc(C(=O)C(=Cc2ccccc2Cl)c2nc3ccccc3o2)cc1. The number of hydrogen-bond donors (Lipinski definition) is 0. The predicted molar refractivity (Wildman–Crippen MR) is 111 cm³/mol. The number of allylic oxidation sites excluding steroid dienone is 1. The van der Waals surface area contributed by atoms with Crippen molar-refractivity contribution in [1.29, 1.82) is 0 Å². The van der Waals surface area contributed by atoms with Crippen molar-refractivity contribution in [3.63, 3.8) is 0 Å². The normalized spacial score (nSPS) is 11.6. The Bertz CT molecular complexity index is 1140. The van der Waals surface area contributed by atoms with Crippen molar-refractivity contribution in [3.8, 4) is 5.75 Å². The van der Waals surface area contributed by atoms with Gasteiger partial charge in [-0.1, -0.05) is 41.9 Å². The van der Waals surface area contributed by atoms with Crippen molar-refractivity contribution in [3.05, 3.63) is 94.8 Å². The Kier molecular flexibility index (Phi) is 4.96. The number of benzene rings is 3. The number of halogens is 1. The van der Waals surface area contributed by atoms with Crippen molar-refractivity contribution >= 4 is 40.1 Å². The molecule has 0 spiro atoms. The summed E-state index contributed by atoms with van der Waals surface area (Å²) < 4.78 is 11.0. The Morgan fingerprint density at radius 3 is 2.43 bits per heavy atom. The highest BCUT2D eigenvalue weighted by atomic mass is 35.5. The molecule has 4 nitrogen and oxygen atoms in total. The highest BCUT2D eigenvalue weighted by Crippen LogP contribution is 2.28.